The predicted molar refractivity (Wildman–Crippen MR) is 43.1 cm³/mol. The Labute approximate surface area is 64.8 Å². The molecule has 0 fully saturated rings. The van der Waals surface area contributed by atoms with E-state index < -0.39 is 0 Å². The van der Waals surface area contributed by atoms with Crippen LogP contribution in [0.25, 0.3) is 6.08 Å². The average Bonchev–Trinajstić information content (AvgIpc) is 2.06. The van der Waals surface area contributed by atoms with Crippen molar-refractivity contribution in [1.82, 2.24) is 0 Å². The summed E-state index contributed by atoms with van der Waals surface area (Å²) in [5, 5.41) is 8.80. The van der Waals surface area contributed by atoms with Gasteiger partial charge in [-0.15, -0.1) is 0 Å². The van der Waals surface area contributed by atoms with Crippen LogP contribution in [0.4, 0.5) is 0 Å². The van der Waals surface area contributed by atoms with Gasteiger partial charge in [-0.05, 0) is 11.6 Å². The van der Waals surface area contributed by atoms with Crippen molar-refractivity contribution in [3.05, 3.63) is 41.7 Å². The molecule has 2 heteroatoms. The highest BCUT2D eigenvalue weighted by atomic mass is 16.3. The Balaban J connectivity index is 2.87. The second-order valence-electron chi connectivity index (χ2n) is 2.10. The molecule has 0 aliphatic carbocycles. The first-order chi connectivity index (χ1) is 5.33. The summed E-state index contributed by atoms with van der Waals surface area (Å²) in [7, 11) is 0. The fourth-order valence-corrected chi connectivity index (χ4v) is 0.754. The van der Waals surface area contributed by atoms with Crippen molar-refractivity contribution in [2.45, 2.75) is 0 Å². The minimum Gasteiger partial charge on any atom is -0.505 e. The van der Waals surface area contributed by atoms with Crippen LogP contribution in [-0.2, 0) is 4.79 Å². The average molecular weight is 148 g/mol. The molecule has 0 aromatic heterocycles. The van der Waals surface area contributed by atoms with E-state index in [0.29, 0.717) is 6.29 Å². The van der Waals surface area contributed by atoms with E-state index in [2.05, 4.69) is 0 Å². The molecule has 1 aromatic rings. The van der Waals surface area contributed by atoms with Gasteiger partial charge in [0.15, 0.2) is 12.0 Å². The van der Waals surface area contributed by atoms with E-state index in [1.54, 1.807) is 12.1 Å². The van der Waals surface area contributed by atoms with Crippen molar-refractivity contribution < 1.29 is 9.90 Å². The van der Waals surface area contributed by atoms with Crippen LogP contribution in [0.2, 0.25) is 0 Å². The highest BCUT2D eigenvalue weighted by Gasteiger charge is 1.88. The lowest BCUT2D eigenvalue weighted by atomic mass is 10.2. The zero-order chi connectivity index (χ0) is 8.10. The summed E-state index contributed by atoms with van der Waals surface area (Å²) >= 11 is 0. The Morgan fingerprint density at radius 1 is 1.27 bits per heavy atom. The normalized spacial score (nSPS) is 11.1. The Kier molecular flexibility index (Phi) is 2.44. The number of hydrogen-bond donors (Lipinski definition) is 1. The summed E-state index contributed by atoms with van der Waals surface area (Å²) in [4.78, 5) is 9.99. The smallest absolute Gasteiger partial charge is 0.184 e. The van der Waals surface area contributed by atoms with Crippen LogP contribution in [0, 0.1) is 0 Å². The van der Waals surface area contributed by atoms with Crippen molar-refractivity contribution in [2.75, 3.05) is 0 Å². The number of carbonyl (C=O) groups is 1. The van der Waals surface area contributed by atoms with Gasteiger partial charge in [-0.3, -0.25) is 4.79 Å². The summed E-state index contributed by atoms with van der Waals surface area (Å²) in [5.74, 6) is -0.254. The zero-order valence-electron chi connectivity index (χ0n) is 5.90. The van der Waals surface area contributed by atoms with Crippen molar-refractivity contribution in [2.24, 2.45) is 0 Å². The molecule has 2 nitrogen and oxygen atoms in total. The molecule has 0 aliphatic rings. The largest absolute Gasteiger partial charge is 0.505 e. The first-order valence-electron chi connectivity index (χ1n) is 3.24. The van der Waals surface area contributed by atoms with Gasteiger partial charge in [0.25, 0.3) is 0 Å². The molecule has 1 N–H and O–H groups in total. The standard InChI is InChI=1S/C9H8O2/c10-7-9(11)6-8-4-2-1-3-5-8/h1-7,11H/b9-6-. The molecule has 0 amide bonds. The second kappa shape index (κ2) is 3.56. The van der Waals surface area contributed by atoms with Crippen molar-refractivity contribution in [3.63, 3.8) is 0 Å². The van der Waals surface area contributed by atoms with Gasteiger partial charge < -0.3 is 5.11 Å². The number of aldehydes is 1. The molecular weight excluding hydrogens is 140 g/mol. The maximum absolute atomic E-state index is 9.99. The molecular formula is C9H8O2. The monoisotopic (exact) mass is 148 g/mol. The third kappa shape index (κ3) is 2.26. The SMILES string of the molecule is O=C/C(O)=C/c1ccccc1. The second-order valence-corrected chi connectivity index (χ2v) is 2.10. The summed E-state index contributed by atoms with van der Waals surface area (Å²) in [6.45, 7) is 0. The highest BCUT2D eigenvalue weighted by Crippen LogP contribution is 2.02. The van der Waals surface area contributed by atoms with Crippen LogP contribution in [0.3, 0.4) is 0 Å². The van der Waals surface area contributed by atoms with E-state index in [-0.39, 0.29) is 5.76 Å². The van der Waals surface area contributed by atoms with E-state index in [1.165, 1.54) is 6.08 Å². The fraction of sp³-hybridized carbons (Fsp3) is 0. The van der Waals surface area contributed by atoms with Crippen molar-refractivity contribution in [1.29, 1.82) is 0 Å². The lowest BCUT2D eigenvalue weighted by Crippen LogP contribution is -1.80. The van der Waals surface area contributed by atoms with E-state index in [1.807, 2.05) is 18.2 Å². The van der Waals surface area contributed by atoms with Crippen molar-refractivity contribution >= 4 is 12.4 Å². The number of allylic oxidation sites excluding steroid dienone is 1. The first kappa shape index (κ1) is 7.54. The molecule has 0 unspecified atom stereocenters. The molecule has 0 heterocycles. The Morgan fingerprint density at radius 3 is 2.45 bits per heavy atom. The number of aliphatic hydroxyl groups is 1. The summed E-state index contributed by atoms with van der Waals surface area (Å²) in [5.41, 5.74) is 0.817. The Hall–Kier alpha value is -1.57. The van der Waals surface area contributed by atoms with Crippen LogP contribution >= 0.6 is 0 Å². The zero-order valence-corrected chi connectivity index (χ0v) is 5.90. The van der Waals surface area contributed by atoms with Gasteiger partial charge in [-0.2, -0.15) is 0 Å². The lowest BCUT2D eigenvalue weighted by molar-refractivity contribution is -0.106. The van der Waals surface area contributed by atoms with Crippen LogP contribution in [-0.4, -0.2) is 11.4 Å². The van der Waals surface area contributed by atoms with Gasteiger partial charge >= 0.3 is 0 Å². The van der Waals surface area contributed by atoms with Gasteiger partial charge in [0.1, 0.15) is 0 Å². The molecule has 0 atom stereocenters. The fourth-order valence-electron chi connectivity index (χ4n) is 0.754. The number of carbonyl (C=O) groups excluding carboxylic acids is 1. The third-order valence-corrected chi connectivity index (χ3v) is 1.23. The molecule has 0 saturated heterocycles. The molecule has 56 valence electrons. The van der Waals surface area contributed by atoms with Gasteiger partial charge in [-0.25, -0.2) is 0 Å². The first-order valence-corrected chi connectivity index (χ1v) is 3.24. The number of rotatable bonds is 2. The molecule has 1 aromatic carbocycles. The predicted octanol–water partition coefficient (Wildman–Crippen LogP) is 1.78. The van der Waals surface area contributed by atoms with E-state index in [9.17, 15) is 4.79 Å². The summed E-state index contributed by atoms with van der Waals surface area (Å²) in [6, 6.07) is 9.16. The maximum Gasteiger partial charge on any atom is 0.184 e. The summed E-state index contributed by atoms with van der Waals surface area (Å²) in [6.07, 6.45) is 1.82. The quantitative estimate of drug-likeness (QED) is 0.394. The topological polar surface area (TPSA) is 37.3 Å². The van der Waals surface area contributed by atoms with Crippen LogP contribution in [0.1, 0.15) is 5.56 Å². The minimum absolute atomic E-state index is 0.254. The van der Waals surface area contributed by atoms with E-state index in [4.69, 9.17) is 5.11 Å². The number of hydrogen-bond acceptors (Lipinski definition) is 2. The van der Waals surface area contributed by atoms with Crippen LogP contribution < -0.4 is 0 Å². The van der Waals surface area contributed by atoms with Crippen LogP contribution in [0.15, 0.2) is 36.1 Å². The van der Waals surface area contributed by atoms with Gasteiger partial charge in [0, 0.05) is 0 Å². The Bertz CT molecular complexity index is 262. The van der Waals surface area contributed by atoms with Gasteiger partial charge in [-0.1, -0.05) is 30.3 Å². The molecule has 0 bridgehead atoms. The van der Waals surface area contributed by atoms with Crippen molar-refractivity contribution in [3.8, 4) is 0 Å². The highest BCUT2D eigenvalue weighted by molar-refractivity contribution is 5.78. The molecule has 0 saturated carbocycles. The molecule has 1 rings (SSSR count). The van der Waals surface area contributed by atoms with E-state index >= 15 is 0 Å². The lowest BCUT2D eigenvalue weighted by Gasteiger charge is -1.90. The maximum atomic E-state index is 9.99. The molecule has 11 heavy (non-hydrogen) atoms. The van der Waals surface area contributed by atoms with E-state index in [0.717, 1.165) is 5.56 Å². The molecule has 0 radical (unpaired) electrons. The van der Waals surface area contributed by atoms with Gasteiger partial charge in [0.05, 0.1) is 0 Å². The molecule has 0 spiro atoms. The third-order valence-electron chi connectivity index (χ3n) is 1.23. The minimum atomic E-state index is -0.254. The number of benzene rings is 1. The number of aliphatic hydroxyl groups excluding tert-OH is 1. The van der Waals surface area contributed by atoms with Gasteiger partial charge in [0.2, 0.25) is 0 Å². The van der Waals surface area contributed by atoms with Crippen LogP contribution in [0.5, 0.6) is 0 Å². The Morgan fingerprint density at radius 2 is 1.91 bits per heavy atom. The summed E-state index contributed by atoms with van der Waals surface area (Å²) < 4.78 is 0. The molecule has 0 aliphatic heterocycles.